The fourth-order valence-corrected chi connectivity index (χ4v) is 2.32. The maximum absolute atomic E-state index is 12.4. The molecule has 0 fully saturated rings. The molecule has 23 heavy (non-hydrogen) atoms. The minimum absolute atomic E-state index is 0.00397. The quantitative estimate of drug-likeness (QED) is 0.419. The third kappa shape index (κ3) is 5.69. The Morgan fingerprint density at radius 3 is 2.65 bits per heavy atom. The molecule has 0 spiro atoms. The highest BCUT2D eigenvalue weighted by Crippen LogP contribution is 2.26. The van der Waals surface area contributed by atoms with Crippen LogP contribution in [0.25, 0.3) is 0 Å². The highest BCUT2D eigenvalue weighted by Gasteiger charge is 2.17. The number of halogens is 3. The van der Waals surface area contributed by atoms with Crippen LogP contribution in [-0.2, 0) is 4.74 Å². The molecule has 1 aromatic carbocycles. The van der Waals surface area contributed by atoms with Crippen molar-refractivity contribution in [3.63, 3.8) is 0 Å². The lowest BCUT2D eigenvalue weighted by Gasteiger charge is -2.09. The Morgan fingerprint density at radius 1 is 1.22 bits per heavy atom. The maximum Gasteiger partial charge on any atom is 0.341 e. The van der Waals surface area contributed by atoms with Crippen LogP contribution in [0.4, 0.5) is 8.78 Å². The zero-order chi connectivity index (χ0) is 16.7. The Hall–Kier alpha value is -1.86. The van der Waals surface area contributed by atoms with Gasteiger partial charge in [-0.05, 0) is 48.2 Å². The van der Waals surface area contributed by atoms with Gasteiger partial charge in [-0.1, -0.05) is 11.6 Å². The Bertz CT molecular complexity index is 655. The van der Waals surface area contributed by atoms with Crippen LogP contribution < -0.4 is 4.74 Å². The standard InChI is InChI=1S/C15H12ClF2NO3S/c16-10-3-5-11(6-4-10)21-8-9-22-14(20)12-2-1-7-19-13(12)23-15(17)18/h1-7,15H,8-9H2. The van der Waals surface area contributed by atoms with Gasteiger partial charge in [0.2, 0.25) is 0 Å². The molecule has 4 nitrogen and oxygen atoms in total. The lowest BCUT2D eigenvalue weighted by atomic mass is 10.3. The first-order valence-corrected chi connectivity index (χ1v) is 7.77. The molecule has 0 aliphatic heterocycles. The van der Waals surface area contributed by atoms with E-state index < -0.39 is 11.7 Å². The van der Waals surface area contributed by atoms with Gasteiger partial charge in [0.1, 0.15) is 24.0 Å². The summed E-state index contributed by atoms with van der Waals surface area (Å²) in [5.41, 5.74) is 0.00397. The smallest absolute Gasteiger partial charge is 0.341 e. The molecule has 2 rings (SSSR count). The molecule has 0 radical (unpaired) electrons. The van der Waals surface area contributed by atoms with Crippen LogP contribution >= 0.6 is 23.4 Å². The van der Waals surface area contributed by atoms with Crippen molar-refractivity contribution in [3.05, 3.63) is 53.2 Å². The van der Waals surface area contributed by atoms with Gasteiger partial charge in [0.15, 0.2) is 0 Å². The van der Waals surface area contributed by atoms with E-state index in [1.165, 1.54) is 18.3 Å². The van der Waals surface area contributed by atoms with E-state index in [0.717, 1.165) is 0 Å². The van der Waals surface area contributed by atoms with Crippen molar-refractivity contribution in [1.29, 1.82) is 0 Å². The second-order valence-corrected chi connectivity index (χ2v) is 5.59. The predicted octanol–water partition coefficient (Wildman–Crippen LogP) is 4.29. The summed E-state index contributed by atoms with van der Waals surface area (Å²) in [5, 5.41) is 0.524. The highest BCUT2D eigenvalue weighted by atomic mass is 35.5. The molecule has 0 aliphatic rings. The van der Waals surface area contributed by atoms with Gasteiger partial charge in [0, 0.05) is 11.2 Å². The van der Waals surface area contributed by atoms with E-state index in [1.807, 2.05) is 0 Å². The molecular formula is C15H12ClF2NO3S. The van der Waals surface area contributed by atoms with Crippen LogP contribution in [0.3, 0.4) is 0 Å². The first-order valence-electron chi connectivity index (χ1n) is 6.51. The van der Waals surface area contributed by atoms with Crippen molar-refractivity contribution in [1.82, 2.24) is 4.98 Å². The average Bonchev–Trinajstić information content (AvgIpc) is 2.53. The van der Waals surface area contributed by atoms with Gasteiger partial charge in [-0.3, -0.25) is 0 Å². The summed E-state index contributed by atoms with van der Waals surface area (Å²) in [5.74, 6) is -2.80. The van der Waals surface area contributed by atoms with E-state index in [-0.39, 0.29) is 35.6 Å². The van der Waals surface area contributed by atoms with Gasteiger partial charge in [-0.15, -0.1) is 0 Å². The number of hydrogen-bond donors (Lipinski definition) is 0. The first kappa shape index (κ1) is 17.5. The summed E-state index contributed by atoms with van der Waals surface area (Å²) in [6.45, 7) is 0.111. The van der Waals surface area contributed by atoms with Crippen LogP contribution in [0, 0.1) is 0 Å². The predicted molar refractivity (Wildman–Crippen MR) is 83.3 cm³/mol. The molecule has 2 aromatic rings. The fraction of sp³-hybridized carbons (Fsp3) is 0.200. The number of rotatable bonds is 7. The number of pyridine rings is 1. The van der Waals surface area contributed by atoms with Gasteiger partial charge in [-0.25, -0.2) is 9.78 Å². The molecule has 8 heteroatoms. The maximum atomic E-state index is 12.4. The van der Waals surface area contributed by atoms with Gasteiger partial charge in [0.05, 0.1) is 5.56 Å². The number of esters is 1. The zero-order valence-electron chi connectivity index (χ0n) is 11.7. The number of alkyl halides is 2. The highest BCUT2D eigenvalue weighted by molar-refractivity contribution is 7.99. The molecule has 0 unspecified atom stereocenters. The van der Waals surface area contributed by atoms with E-state index in [4.69, 9.17) is 21.1 Å². The SMILES string of the molecule is O=C(OCCOc1ccc(Cl)cc1)c1cccnc1SC(F)F. The van der Waals surface area contributed by atoms with Gasteiger partial charge in [0.25, 0.3) is 5.76 Å². The molecule has 0 saturated heterocycles. The third-order valence-electron chi connectivity index (χ3n) is 2.59. The minimum atomic E-state index is -2.66. The molecule has 0 aliphatic carbocycles. The van der Waals surface area contributed by atoms with Crippen molar-refractivity contribution in [2.75, 3.05) is 13.2 Å². The molecule has 0 N–H and O–H groups in total. The molecule has 0 bridgehead atoms. The van der Waals surface area contributed by atoms with E-state index >= 15 is 0 Å². The number of aromatic nitrogens is 1. The number of thioether (sulfide) groups is 1. The Kier molecular flexibility index (Phi) is 6.61. The summed E-state index contributed by atoms with van der Waals surface area (Å²) < 4.78 is 35.2. The van der Waals surface area contributed by atoms with Crippen LogP contribution in [0.1, 0.15) is 10.4 Å². The lowest BCUT2D eigenvalue weighted by Crippen LogP contribution is -2.13. The molecule has 0 atom stereocenters. The lowest BCUT2D eigenvalue weighted by molar-refractivity contribution is 0.0445. The average molecular weight is 360 g/mol. The van der Waals surface area contributed by atoms with E-state index in [2.05, 4.69) is 4.98 Å². The van der Waals surface area contributed by atoms with Crippen molar-refractivity contribution >= 4 is 29.3 Å². The first-order chi connectivity index (χ1) is 11.1. The molecule has 0 amide bonds. The number of hydrogen-bond acceptors (Lipinski definition) is 5. The minimum Gasteiger partial charge on any atom is -0.490 e. The number of benzene rings is 1. The number of ether oxygens (including phenoxy) is 2. The van der Waals surface area contributed by atoms with E-state index in [0.29, 0.717) is 10.8 Å². The Morgan fingerprint density at radius 2 is 1.96 bits per heavy atom. The largest absolute Gasteiger partial charge is 0.490 e. The normalized spacial score (nSPS) is 10.6. The monoisotopic (exact) mass is 359 g/mol. The Balaban J connectivity index is 1.84. The second kappa shape index (κ2) is 8.69. The number of nitrogens with zero attached hydrogens (tertiary/aromatic N) is 1. The van der Waals surface area contributed by atoms with Crippen LogP contribution in [0.5, 0.6) is 5.75 Å². The van der Waals surface area contributed by atoms with E-state index in [9.17, 15) is 13.6 Å². The third-order valence-corrected chi connectivity index (χ3v) is 3.57. The second-order valence-electron chi connectivity index (χ2n) is 4.17. The summed E-state index contributed by atoms with van der Waals surface area (Å²) in [6.07, 6.45) is 1.34. The van der Waals surface area contributed by atoms with Crippen molar-refractivity contribution in [2.45, 2.75) is 10.8 Å². The van der Waals surface area contributed by atoms with Crippen LogP contribution in [0.2, 0.25) is 5.02 Å². The molecule has 0 saturated carbocycles. The zero-order valence-corrected chi connectivity index (χ0v) is 13.3. The Labute approximate surface area is 140 Å². The van der Waals surface area contributed by atoms with Crippen molar-refractivity contribution in [2.24, 2.45) is 0 Å². The van der Waals surface area contributed by atoms with Crippen molar-refractivity contribution in [3.8, 4) is 5.75 Å². The number of carbonyl (C=O) groups is 1. The summed E-state index contributed by atoms with van der Waals surface area (Å²) in [4.78, 5) is 15.7. The molecular weight excluding hydrogens is 348 g/mol. The van der Waals surface area contributed by atoms with Crippen LogP contribution in [0.15, 0.2) is 47.6 Å². The summed E-state index contributed by atoms with van der Waals surface area (Å²) in [6, 6.07) is 9.58. The van der Waals surface area contributed by atoms with Gasteiger partial charge in [-0.2, -0.15) is 8.78 Å². The number of carbonyl (C=O) groups excluding carboxylic acids is 1. The van der Waals surface area contributed by atoms with Crippen molar-refractivity contribution < 1.29 is 23.0 Å². The molecule has 122 valence electrons. The molecule has 1 heterocycles. The van der Waals surface area contributed by atoms with Gasteiger partial charge >= 0.3 is 5.97 Å². The fourth-order valence-electron chi connectivity index (χ4n) is 1.63. The van der Waals surface area contributed by atoms with E-state index in [1.54, 1.807) is 24.3 Å². The molecule has 1 aromatic heterocycles. The summed E-state index contributed by atoms with van der Waals surface area (Å²) >= 11 is 5.95. The topological polar surface area (TPSA) is 48.4 Å². The van der Waals surface area contributed by atoms with Gasteiger partial charge < -0.3 is 9.47 Å². The van der Waals surface area contributed by atoms with Crippen LogP contribution in [-0.4, -0.2) is 29.9 Å². The summed E-state index contributed by atoms with van der Waals surface area (Å²) in [7, 11) is 0.